The summed E-state index contributed by atoms with van der Waals surface area (Å²) < 4.78 is 15.4. The number of ether oxygens (including phenoxy) is 2. The highest BCUT2D eigenvalue weighted by Crippen LogP contribution is 2.33. The summed E-state index contributed by atoms with van der Waals surface area (Å²) in [5, 5.41) is 10.5. The lowest BCUT2D eigenvalue weighted by atomic mass is 10.2. The molecule has 1 heterocycles. The standard InChI is InChI=1S/C14H16O5/c1-3-4-7-18-13-12(15)10-6-5-9(17-2)8-11(10)19-14(13)16/h5-6,8,15H,3-4,7H2,1-2H3. The smallest absolute Gasteiger partial charge is 0.383 e. The molecule has 0 unspecified atom stereocenters. The van der Waals surface area contributed by atoms with Crippen LogP contribution in [-0.4, -0.2) is 18.8 Å². The van der Waals surface area contributed by atoms with E-state index in [9.17, 15) is 9.90 Å². The van der Waals surface area contributed by atoms with Crippen molar-refractivity contribution in [3.05, 3.63) is 28.6 Å². The number of benzene rings is 1. The van der Waals surface area contributed by atoms with E-state index in [0.717, 1.165) is 12.8 Å². The summed E-state index contributed by atoms with van der Waals surface area (Å²) in [6.45, 7) is 2.38. The second kappa shape index (κ2) is 5.65. The normalized spacial score (nSPS) is 10.6. The van der Waals surface area contributed by atoms with Gasteiger partial charge in [-0.05, 0) is 18.6 Å². The quantitative estimate of drug-likeness (QED) is 0.664. The molecule has 102 valence electrons. The molecule has 0 fully saturated rings. The first-order valence-electron chi connectivity index (χ1n) is 6.14. The maximum absolute atomic E-state index is 11.8. The van der Waals surface area contributed by atoms with Crippen LogP contribution >= 0.6 is 0 Å². The van der Waals surface area contributed by atoms with Crippen LogP contribution in [0.15, 0.2) is 27.4 Å². The van der Waals surface area contributed by atoms with Gasteiger partial charge in [-0.25, -0.2) is 4.79 Å². The van der Waals surface area contributed by atoms with Crippen molar-refractivity contribution in [3.8, 4) is 17.2 Å². The van der Waals surface area contributed by atoms with E-state index in [2.05, 4.69) is 0 Å². The van der Waals surface area contributed by atoms with Crippen molar-refractivity contribution in [3.63, 3.8) is 0 Å². The maximum atomic E-state index is 11.8. The van der Waals surface area contributed by atoms with Gasteiger partial charge in [0.15, 0.2) is 5.75 Å². The lowest BCUT2D eigenvalue weighted by molar-refractivity contribution is 0.279. The minimum absolute atomic E-state index is 0.133. The van der Waals surface area contributed by atoms with Gasteiger partial charge in [0.05, 0.1) is 19.1 Å². The van der Waals surface area contributed by atoms with Gasteiger partial charge < -0.3 is 19.0 Å². The summed E-state index contributed by atoms with van der Waals surface area (Å²) in [4.78, 5) is 11.8. The summed E-state index contributed by atoms with van der Waals surface area (Å²) in [6.07, 6.45) is 1.75. The highest BCUT2D eigenvalue weighted by molar-refractivity contribution is 5.86. The molecule has 1 aromatic heterocycles. The van der Waals surface area contributed by atoms with Crippen molar-refractivity contribution in [2.24, 2.45) is 0 Å². The monoisotopic (exact) mass is 264 g/mol. The summed E-state index contributed by atoms with van der Waals surface area (Å²) in [7, 11) is 1.52. The molecule has 0 amide bonds. The molecule has 0 aliphatic rings. The Labute approximate surface area is 110 Å². The highest BCUT2D eigenvalue weighted by Gasteiger charge is 2.15. The number of methoxy groups -OCH3 is 1. The van der Waals surface area contributed by atoms with Crippen LogP contribution in [0.4, 0.5) is 0 Å². The number of unbranched alkanes of at least 4 members (excludes halogenated alkanes) is 1. The number of fused-ring (bicyclic) bond motifs is 1. The molecule has 1 aromatic carbocycles. The van der Waals surface area contributed by atoms with Crippen molar-refractivity contribution < 1.29 is 19.0 Å². The second-order valence-electron chi connectivity index (χ2n) is 4.13. The fourth-order valence-electron chi connectivity index (χ4n) is 1.72. The topological polar surface area (TPSA) is 68.9 Å². The minimum Gasteiger partial charge on any atom is -0.504 e. The van der Waals surface area contributed by atoms with Crippen LogP contribution in [0.5, 0.6) is 17.2 Å². The molecule has 0 saturated carbocycles. The Kier molecular flexibility index (Phi) is 3.94. The van der Waals surface area contributed by atoms with Gasteiger partial charge in [0.1, 0.15) is 11.3 Å². The van der Waals surface area contributed by atoms with Crippen LogP contribution in [0.3, 0.4) is 0 Å². The summed E-state index contributed by atoms with van der Waals surface area (Å²) in [5.41, 5.74) is -0.418. The third-order valence-electron chi connectivity index (χ3n) is 2.79. The summed E-state index contributed by atoms with van der Waals surface area (Å²) in [6, 6.07) is 4.85. The van der Waals surface area contributed by atoms with Crippen LogP contribution in [0.1, 0.15) is 19.8 Å². The van der Waals surface area contributed by atoms with E-state index in [-0.39, 0.29) is 17.1 Å². The zero-order chi connectivity index (χ0) is 13.8. The molecule has 2 rings (SSSR count). The molecule has 0 spiro atoms. The molecule has 5 heteroatoms. The predicted octanol–water partition coefficient (Wildman–Crippen LogP) is 2.69. The van der Waals surface area contributed by atoms with Gasteiger partial charge in [0, 0.05) is 6.07 Å². The average molecular weight is 264 g/mol. The van der Waals surface area contributed by atoms with Gasteiger partial charge in [-0.1, -0.05) is 13.3 Å². The number of hydrogen-bond donors (Lipinski definition) is 1. The molecule has 0 aliphatic heterocycles. The van der Waals surface area contributed by atoms with Crippen molar-refractivity contribution in [1.29, 1.82) is 0 Å². The molecule has 0 saturated heterocycles. The van der Waals surface area contributed by atoms with E-state index >= 15 is 0 Å². The third kappa shape index (κ3) is 2.65. The van der Waals surface area contributed by atoms with Crippen molar-refractivity contribution in [2.45, 2.75) is 19.8 Å². The Morgan fingerprint density at radius 3 is 2.84 bits per heavy atom. The van der Waals surface area contributed by atoms with E-state index in [4.69, 9.17) is 13.9 Å². The van der Waals surface area contributed by atoms with Crippen LogP contribution in [0, 0.1) is 0 Å². The predicted molar refractivity (Wildman–Crippen MR) is 71.1 cm³/mol. The van der Waals surface area contributed by atoms with Crippen molar-refractivity contribution in [2.75, 3.05) is 13.7 Å². The molecule has 0 radical (unpaired) electrons. The molecule has 0 atom stereocenters. The Morgan fingerprint density at radius 1 is 1.37 bits per heavy atom. The molecule has 2 aromatic rings. The molecular weight excluding hydrogens is 248 g/mol. The molecule has 5 nitrogen and oxygen atoms in total. The number of aromatic hydroxyl groups is 1. The lowest BCUT2D eigenvalue weighted by Crippen LogP contribution is -2.08. The van der Waals surface area contributed by atoms with Gasteiger partial charge in [-0.3, -0.25) is 0 Å². The van der Waals surface area contributed by atoms with Gasteiger partial charge in [-0.2, -0.15) is 0 Å². The molecule has 0 aliphatic carbocycles. The van der Waals surface area contributed by atoms with Crippen molar-refractivity contribution in [1.82, 2.24) is 0 Å². The first-order valence-corrected chi connectivity index (χ1v) is 6.14. The van der Waals surface area contributed by atoms with Gasteiger partial charge in [-0.15, -0.1) is 0 Å². The molecule has 19 heavy (non-hydrogen) atoms. The maximum Gasteiger partial charge on any atom is 0.383 e. The van der Waals surface area contributed by atoms with E-state index < -0.39 is 5.63 Å². The second-order valence-corrected chi connectivity index (χ2v) is 4.13. The van der Waals surface area contributed by atoms with Crippen molar-refractivity contribution >= 4 is 11.0 Å². The SMILES string of the molecule is CCCCOc1c(O)c2ccc(OC)cc2oc1=O. The fraction of sp³-hybridized carbons (Fsp3) is 0.357. The Balaban J connectivity index is 2.47. The van der Waals surface area contributed by atoms with E-state index in [0.29, 0.717) is 17.7 Å². The molecular formula is C14H16O5. The van der Waals surface area contributed by atoms with Crippen LogP contribution in [0.25, 0.3) is 11.0 Å². The average Bonchev–Trinajstić information content (AvgIpc) is 2.41. The summed E-state index contributed by atoms with van der Waals surface area (Å²) >= 11 is 0. The molecule has 1 N–H and O–H groups in total. The van der Waals surface area contributed by atoms with Crippen LogP contribution < -0.4 is 15.1 Å². The summed E-state index contributed by atoms with van der Waals surface area (Å²) in [5.74, 6) is 0.228. The first kappa shape index (κ1) is 13.3. The van der Waals surface area contributed by atoms with E-state index in [1.807, 2.05) is 6.92 Å². The number of hydrogen-bond acceptors (Lipinski definition) is 5. The lowest BCUT2D eigenvalue weighted by Gasteiger charge is -2.08. The minimum atomic E-state index is -0.686. The molecule has 0 bridgehead atoms. The van der Waals surface area contributed by atoms with Gasteiger partial charge in [0.25, 0.3) is 0 Å². The van der Waals surface area contributed by atoms with Crippen LogP contribution in [-0.2, 0) is 0 Å². The van der Waals surface area contributed by atoms with Crippen LogP contribution in [0.2, 0.25) is 0 Å². The third-order valence-corrected chi connectivity index (χ3v) is 2.79. The van der Waals surface area contributed by atoms with Gasteiger partial charge >= 0.3 is 5.63 Å². The Morgan fingerprint density at radius 2 is 2.16 bits per heavy atom. The zero-order valence-electron chi connectivity index (χ0n) is 10.9. The fourth-order valence-corrected chi connectivity index (χ4v) is 1.72. The first-order chi connectivity index (χ1) is 9.17. The largest absolute Gasteiger partial charge is 0.504 e. The Hall–Kier alpha value is -2.17. The Bertz CT molecular complexity index is 630. The number of rotatable bonds is 5. The highest BCUT2D eigenvalue weighted by atomic mass is 16.5. The van der Waals surface area contributed by atoms with E-state index in [1.165, 1.54) is 7.11 Å². The zero-order valence-corrected chi connectivity index (χ0v) is 10.9. The van der Waals surface area contributed by atoms with Gasteiger partial charge in [0.2, 0.25) is 5.75 Å². The van der Waals surface area contributed by atoms with E-state index in [1.54, 1.807) is 18.2 Å².